The first-order valence-corrected chi connectivity index (χ1v) is 7.07. The number of aromatic nitrogens is 2. The molecular formula is C14H18F3N3O5. The molecule has 0 fully saturated rings. The number of hydrogen-bond donors (Lipinski definition) is 5. The van der Waals surface area contributed by atoms with E-state index in [-0.39, 0.29) is 12.1 Å². The van der Waals surface area contributed by atoms with E-state index >= 15 is 0 Å². The molecule has 0 aromatic carbocycles. The summed E-state index contributed by atoms with van der Waals surface area (Å²) >= 11 is 0. The van der Waals surface area contributed by atoms with Gasteiger partial charge in [0, 0.05) is 18.8 Å². The highest BCUT2D eigenvalue weighted by Gasteiger charge is 2.32. The van der Waals surface area contributed by atoms with E-state index in [2.05, 4.69) is 9.97 Å². The Hall–Kier alpha value is -2.08. The standard InChI is InChI=1S/C14H18F3N3O5/c15-14(16,17)4-8-6-19-7(5-20-8)2-1-3-9(21)11(22)12(23)10(18)13(24)25/h1,3,5-6,9-12,21-23H,2,4,18H2,(H,24,25)/b3-1+. The molecule has 25 heavy (non-hydrogen) atoms. The molecule has 0 aliphatic rings. The molecule has 0 aliphatic heterocycles. The van der Waals surface area contributed by atoms with Crippen LogP contribution in [0.25, 0.3) is 0 Å². The van der Waals surface area contributed by atoms with Crippen molar-refractivity contribution < 1.29 is 38.4 Å². The summed E-state index contributed by atoms with van der Waals surface area (Å²) in [7, 11) is 0. The van der Waals surface area contributed by atoms with Gasteiger partial charge in [-0.1, -0.05) is 12.2 Å². The molecule has 1 aromatic rings. The van der Waals surface area contributed by atoms with Gasteiger partial charge in [-0.15, -0.1) is 0 Å². The lowest BCUT2D eigenvalue weighted by Crippen LogP contribution is -2.51. The van der Waals surface area contributed by atoms with Crippen molar-refractivity contribution in [3.8, 4) is 0 Å². The van der Waals surface area contributed by atoms with E-state index in [1.165, 1.54) is 6.08 Å². The van der Waals surface area contributed by atoms with Crippen LogP contribution in [-0.2, 0) is 17.6 Å². The Bertz CT molecular complexity index is 594. The summed E-state index contributed by atoms with van der Waals surface area (Å²) in [5.74, 6) is -1.54. The molecule has 0 aliphatic carbocycles. The van der Waals surface area contributed by atoms with Crippen molar-refractivity contribution in [2.24, 2.45) is 5.73 Å². The van der Waals surface area contributed by atoms with Crippen LogP contribution in [0.3, 0.4) is 0 Å². The number of carboxylic acid groups (broad SMARTS) is 1. The minimum atomic E-state index is -4.38. The maximum absolute atomic E-state index is 12.2. The van der Waals surface area contributed by atoms with Gasteiger partial charge >= 0.3 is 12.1 Å². The summed E-state index contributed by atoms with van der Waals surface area (Å²) in [5, 5.41) is 37.4. The van der Waals surface area contributed by atoms with Gasteiger partial charge in [0.15, 0.2) is 0 Å². The molecule has 1 aromatic heterocycles. The minimum absolute atomic E-state index is 0.0875. The number of nitrogens with zero attached hydrogens (tertiary/aromatic N) is 2. The third-order valence-electron chi connectivity index (χ3n) is 3.15. The van der Waals surface area contributed by atoms with E-state index in [4.69, 9.17) is 10.8 Å². The average Bonchev–Trinajstić information content (AvgIpc) is 2.52. The zero-order chi connectivity index (χ0) is 19.2. The summed E-state index contributed by atoms with van der Waals surface area (Å²) in [6.07, 6.45) is -6.27. The second-order valence-electron chi connectivity index (χ2n) is 5.26. The first-order chi connectivity index (χ1) is 11.5. The van der Waals surface area contributed by atoms with Crippen LogP contribution in [0.5, 0.6) is 0 Å². The van der Waals surface area contributed by atoms with Crippen molar-refractivity contribution in [3.63, 3.8) is 0 Å². The number of carbonyl (C=O) groups is 1. The number of rotatable bonds is 8. The molecule has 4 unspecified atom stereocenters. The van der Waals surface area contributed by atoms with Gasteiger partial charge in [0.2, 0.25) is 0 Å². The summed E-state index contributed by atoms with van der Waals surface area (Å²) in [6.45, 7) is 0. The zero-order valence-electron chi connectivity index (χ0n) is 12.8. The van der Waals surface area contributed by atoms with E-state index in [9.17, 15) is 33.3 Å². The molecule has 0 spiro atoms. The van der Waals surface area contributed by atoms with Crippen molar-refractivity contribution in [2.45, 2.75) is 43.4 Å². The second kappa shape index (κ2) is 8.85. The molecule has 0 bridgehead atoms. The predicted octanol–water partition coefficient (Wildman–Crippen LogP) is -0.825. The van der Waals surface area contributed by atoms with Gasteiger partial charge in [0.25, 0.3) is 0 Å². The van der Waals surface area contributed by atoms with Gasteiger partial charge in [-0.3, -0.25) is 14.8 Å². The fourth-order valence-corrected chi connectivity index (χ4v) is 1.79. The number of aliphatic carboxylic acids is 1. The van der Waals surface area contributed by atoms with E-state index < -0.39 is 42.9 Å². The maximum atomic E-state index is 12.2. The molecule has 140 valence electrons. The smallest absolute Gasteiger partial charge is 0.394 e. The van der Waals surface area contributed by atoms with Crippen LogP contribution in [0.1, 0.15) is 11.4 Å². The summed E-state index contributed by atoms with van der Waals surface area (Å²) < 4.78 is 36.6. The van der Waals surface area contributed by atoms with Crippen molar-refractivity contribution in [1.82, 2.24) is 9.97 Å². The molecule has 0 radical (unpaired) electrons. The molecular weight excluding hydrogens is 347 g/mol. The first kappa shape index (κ1) is 21.0. The number of carboxylic acids is 1. The van der Waals surface area contributed by atoms with Crippen molar-refractivity contribution in [2.75, 3.05) is 0 Å². The Labute approximate surface area is 140 Å². The van der Waals surface area contributed by atoms with Crippen molar-refractivity contribution >= 4 is 5.97 Å². The Morgan fingerprint density at radius 2 is 1.72 bits per heavy atom. The first-order valence-electron chi connectivity index (χ1n) is 7.07. The quantitative estimate of drug-likeness (QED) is 0.375. The van der Waals surface area contributed by atoms with Gasteiger partial charge < -0.3 is 26.2 Å². The lowest BCUT2D eigenvalue weighted by atomic mass is 10.0. The summed E-state index contributed by atoms with van der Waals surface area (Å²) in [6, 6.07) is -1.77. The van der Waals surface area contributed by atoms with Gasteiger partial charge in [-0.05, 0) is 0 Å². The van der Waals surface area contributed by atoms with Crippen LogP contribution in [0.2, 0.25) is 0 Å². The highest BCUT2D eigenvalue weighted by molar-refractivity contribution is 5.74. The Kier molecular flexibility index (Phi) is 7.42. The average molecular weight is 365 g/mol. The molecule has 8 nitrogen and oxygen atoms in total. The predicted molar refractivity (Wildman–Crippen MR) is 78.3 cm³/mol. The zero-order valence-corrected chi connectivity index (χ0v) is 12.8. The SMILES string of the molecule is NC(C(=O)O)C(O)C(O)C(O)/C=C/Cc1cnc(CC(F)(F)F)cn1. The second-order valence-corrected chi connectivity index (χ2v) is 5.26. The number of alkyl halides is 3. The molecule has 1 rings (SSSR count). The lowest BCUT2D eigenvalue weighted by Gasteiger charge is -2.23. The van der Waals surface area contributed by atoms with Crippen LogP contribution in [0.15, 0.2) is 24.5 Å². The molecule has 1 heterocycles. The highest BCUT2D eigenvalue weighted by Crippen LogP contribution is 2.19. The van der Waals surface area contributed by atoms with E-state index in [1.807, 2.05) is 0 Å². The summed E-state index contributed by atoms with van der Waals surface area (Å²) in [5.41, 5.74) is 5.21. The lowest BCUT2D eigenvalue weighted by molar-refractivity contribution is -0.145. The molecule has 4 atom stereocenters. The maximum Gasteiger partial charge on any atom is 0.394 e. The fourth-order valence-electron chi connectivity index (χ4n) is 1.79. The van der Waals surface area contributed by atoms with Crippen LogP contribution >= 0.6 is 0 Å². The van der Waals surface area contributed by atoms with Crippen LogP contribution in [-0.4, -0.2) is 66.9 Å². The topological polar surface area (TPSA) is 150 Å². The third-order valence-corrected chi connectivity index (χ3v) is 3.15. The van der Waals surface area contributed by atoms with Crippen molar-refractivity contribution in [1.29, 1.82) is 0 Å². The number of halogens is 3. The minimum Gasteiger partial charge on any atom is -0.480 e. The number of nitrogens with two attached hydrogens (primary N) is 1. The van der Waals surface area contributed by atoms with Gasteiger partial charge in [-0.25, -0.2) is 0 Å². The largest absolute Gasteiger partial charge is 0.480 e. The van der Waals surface area contributed by atoms with Gasteiger partial charge in [-0.2, -0.15) is 13.2 Å². The van der Waals surface area contributed by atoms with E-state index in [0.29, 0.717) is 5.69 Å². The Morgan fingerprint density at radius 1 is 1.16 bits per heavy atom. The van der Waals surface area contributed by atoms with Crippen molar-refractivity contribution in [3.05, 3.63) is 35.9 Å². The molecule has 11 heteroatoms. The number of hydrogen-bond acceptors (Lipinski definition) is 7. The molecule has 6 N–H and O–H groups in total. The van der Waals surface area contributed by atoms with Gasteiger partial charge in [0.1, 0.15) is 24.4 Å². The normalized spacial score (nSPS) is 17.2. The fraction of sp³-hybridized carbons (Fsp3) is 0.500. The Morgan fingerprint density at radius 3 is 2.20 bits per heavy atom. The Balaban J connectivity index is 2.57. The van der Waals surface area contributed by atoms with Crippen LogP contribution in [0, 0.1) is 0 Å². The van der Waals surface area contributed by atoms with E-state index in [1.54, 1.807) is 0 Å². The molecule has 0 saturated heterocycles. The molecule has 0 saturated carbocycles. The van der Waals surface area contributed by atoms with Crippen LogP contribution < -0.4 is 5.73 Å². The number of aliphatic hydroxyl groups is 3. The molecule has 0 amide bonds. The monoisotopic (exact) mass is 365 g/mol. The van der Waals surface area contributed by atoms with E-state index in [0.717, 1.165) is 18.5 Å². The van der Waals surface area contributed by atoms with Gasteiger partial charge in [0.05, 0.1) is 17.8 Å². The van der Waals surface area contributed by atoms with Crippen LogP contribution in [0.4, 0.5) is 13.2 Å². The number of allylic oxidation sites excluding steroid dienone is 1. The third kappa shape index (κ3) is 7.13. The highest BCUT2D eigenvalue weighted by atomic mass is 19.4. The summed E-state index contributed by atoms with van der Waals surface area (Å²) in [4.78, 5) is 18.0. The number of aliphatic hydroxyl groups excluding tert-OH is 3.